The molecule has 29 heavy (non-hydrogen) atoms. The summed E-state index contributed by atoms with van der Waals surface area (Å²) in [6.45, 7) is 1.91. The molecule has 1 N–H and O–H groups in total. The third-order valence-electron chi connectivity index (χ3n) is 5.69. The van der Waals surface area contributed by atoms with Crippen LogP contribution in [0, 0.1) is 5.92 Å². The van der Waals surface area contributed by atoms with Gasteiger partial charge in [-0.2, -0.15) is 0 Å². The molecule has 2 aromatic rings. The van der Waals surface area contributed by atoms with Gasteiger partial charge in [0.2, 0.25) is 9.70 Å². The molecular weight excluding hydrogens is 433 g/mol. The summed E-state index contributed by atoms with van der Waals surface area (Å²) in [5, 5.41) is 2.92. The lowest BCUT2D eigenvalue weighted by Crippen LogP contribution is -2.60. The topological polar surface area (TPSA) is 54.3 Å². The summed E-state index contributed by atoms with van der Waals surface area (Å²) >= 11 is 18.8. The van der Waals surface area contributed by atoms with E-state index in [1.54, 1.807) is 12.1 Å². The Balaban J connectivity index is 1.53. The van der Waals surface area contributed by atoms with Gasteiger partial charge in [-0.25, -0.2) is 0 Å². The molecule has 1 aromatic heterocycles. The number of nitrogens with zero attached hydrogens (tertiary/aromatic N) is 2. The number of carbonyl (C=O) groups is 1. The average Bonchev–Trinajstić information content (AvgIpc) is 2.67. The first-order valence-corrected chi connectivity index (χ1v) is 10.8. The smallest absolute Gasteiger partial charge is 0.250 e. The van der Waals surface area contributed by atoms with Gasteiger partial charge in [0.15, 0.2) is 0 Å². The first-order valence-electron chi connectivity index (χ1n) is 9.65. The van der Waals surface area contributed by atoms with Gasteiger partial charge in [0.1, 0.15) is 6.17 Å². The first-order chi connectivity index (χ1) is 13.8. The lowest BCUT2D eigenvalue weighted by atomic mass is 9.83. The van der Waals surface area contributed by atoms with Crippen LogP contribution in [-0.4, -0.2) is 38.4 Å². The molecule has 0 spiro atoms. The Morgan fingerprint density at radius 2 is 1.83 bits per heavy atom. The monoisotopic (exact) mass is 453 g/mol. The predicted octanol–water partition coefficient (Wildman–Crippen LogP) is 3.32. The van der Waals surface area contributed by atoms with Crippen LogP contribution in [0.1, 0.15) is 23.6 Å². The maximum atomic E-state index is 12.6. The molecule has 2 bridgehead atoms. The Hall–Kier alpha value is -1.53. The quantitative estimate of drug-likeness (QED) is 0.721. The van der Waals surface area contributed by atoms with E-state index in [1.807, 2.05) is 45.9 Å². The summed E-state index contributed by atoms with van der Waals surface area (Å²) < 4.78 is 0.183. The van der Waals surface area contributed by atoms with E-state index in [0.29, 0.717) is 19.6 Å². The molecule has 0 unspecified atom stereocenters. The summed E-state index contributed by atoms with van der Waals surface area (Å²) in [7, 11) is 0. The van der Waals surface area contributed by atoms with Crippen LogP contribution in [-0.2, 0) is 17.8 Å². The van der Waals surface area contributed by atoms with Gasteiger partial charge >= 0.3 is 0 Å². The number of aromatic nitrogens is 1. The number of pyridine rings is 1. The van der Waals surface area contributed by atoms with Crippen LogP contribution in [0.5, 0.6) is 0 Å². The number of carbonyl (C=O) groups excluding carboxylic acids is 1. The molecule has 1 aromatic carbocycles. The molecule has 0 radical (unpaired) electrons. The van der Waals surface area contributed by atoms with E-state index in [9.17, 15) is 9.59 Å². The molecule has 3 atom stereocenters. The van der Waals surface area contributed by atoms with Crippen LogP contribution in [0.15, 0.2) is 53.3 Å². The molecule has 2 aliphatic heterocycles. The van der Waals surface area contributed by atoms with E-state index in [4.69, 9.17) is 34.8 Å². The van der Waals surface area contributed by atoms with E-state index in [1.165, 1.54) is 0 Å². The van der Waals surface area contributed by atoms with Crippen molar-refractivity contribution < 1.29 is 4.79 Å². The third-order valence-corrected chi connectivity index (χ3v) is 6.31. The number of amides is 1. The van der Waals surface area contributed by atoms with Crippen molar-refractivity contribution in [3.8, 4) is 0 Å². The highest BCUT2D eigenvalue weighted by atomic mass is 35.6. The van der Waals surface area contributed by atoms with E-state index < -0.39 is 9.96 Å². The molecule has 8 heteroatoms. The van der Waals surface area contributed by atoms with Crippen LogP contribution < -0.4 is 10.9 Å². The van der Waals surface area contributed by atoms with Gasteiger partial charge < -0.3 is 9.88 Å². The van der Waals surface area contributed by atoms with Crippen molar-refractivity contribution in [3.05, 3.63) is 70.1 Å². The SMILES string of the molecule is O=C(Cc1ccccc1)N[C@@H](N1C[C@@H]2C[C@@H](C1)c1cccc(=O)n1C2)C(Cl)(Cl)Cl. The highest BCUT2D eigenvalue weighted by Gasteiger charge is 2.44. The van der Waals surface area contributed by atoms with Gasteiger partial charge in [-0.1, -0.05) is 71.2 Å². The zero-order chi connectivity index (χ0) is 20.6. The molecule has 1 saturated heterocycles. The predicted molar refractivity (Wildman–Crippen MR) is 115 cm³/mol. The van der Waals surface area contributed by atoms with Crippen molar-refractivity contribution in [3.63, 3.8) is 0 Å². The second kappa shape index (κ2) is 8.31. The van der Waals surface area contributed by atoms with Crippen LogP contribution in [0.2, 0.25) is 0 Å². The third kappa shape index (κ3) is 4.64. The molecule has 1 fully saturated rings. The summed E-state index contributed by atoms with van der Waals surface area (Å²) in [6, 6.07) is 14.8. The summed E-state index contributed by atoms with van der Waals surface area (Å²) in [5.41, 5.74) is 1.94. The number of benzene rings is 1. The molecule has 3 heterocycles. The van der Waals surface area contributed by atoms with Crippen molar-refractivity contribution in [1.82, 2.24) is 14.8 Å². The van der Waals surface area contributed by atoms with Gasteiger partial charge in [-0.15, -0.1) is 0 Å². The largest absolute Gasteiger partial charge is 0.336 e. The van der Waals surface area contributed by atoms with E-state index in [-0.39, 0.29) is 29.7 Å². The van der Waals surface area contributed by atoms with Gasteiger partial charge in [0, 0.05) is 37.3 Å². The normalized spacial score (nSPS) is 22.6. The first kappa shape index (κ1) is 20.7. The summed E-state index contributed by atoms with van der Waals surface area (Å²) in [5.74, 6) is 0.236. The lowest BCUT2D eigenvalue weighted by molar-refractivity contribution is -0.122. The average molecular weight is 455 g/mol. The molecule has 4 rings (SSSR count). The number of nitrogens with one attached hydrogen (secondary N) is 1. The van der Waals surface area contributed by atoms with Gasteiger partial charge in [0.25, 0.3) is 5.56 Å². The van der Waals surface area contributed by atoms with E-state index in [2.05, 4.69) is 5.32 Å². The van der Waals surface area contributed by atoms with Crippen molar-refractivity contribution in [2.75, 3.05) is 13.1 Å². The van der Waals surface area contributed by atoms with Crippen molar-refractivity contribution >= 4 is 40.7 Å². The molecule has 2 aliphatic rings. The Labute approximate surface area is 184 Å². The fourth-order valence-corrected chi connectivity index (χ4v) is 5.09. The van der Waals surface area contributed by atoms with Gasteiger partial charge in [-0.05, 0) is 24.0 Å². The van der Waals surface area contributed by atoms with Crippen LogP contribution in [0.25, 0.3) is 0 Å². The molecular formula is C21H22Cl3N3O2. The molecule has 0 aliphatic carbocycles. The lowest BCUT2D eigenvalue weighted by Gasteiger charge is -2.47. The second-order valence-corrected chi connectivity index (χ2v) is 10.2. The maximum absolute atomic E-state index is 12.6. The van der Waals surface area contributed by atoms with Crippen LogP contribution in [0.4, 0.5) is 0 Å². The van der Waals surface area contributed by atoms with E-state index in [0.717, 1.165) is 17.7 Å². The molecule has 5 nitrogen and oxygen atoms in total. The van der Waals surface area contributed by atoms with Crippen molar-refractivity contribution in [1.29, 1.82) is 0 Å². The molecule has 154 valence electrons. The Bertz CT molecular complexity index is 942. The number of fused-ring (bicyclic) bond motifs is 4. The van der Waals surface area contributed by atoms with Crippen molar-refractivity contribution in [2.24, 2.45) is 5.92 Å². The zero-order valence-corrected chi connectivity index (χ0v) is 18.0. The van der Waals surface area contributed by atoms with Gasteiger partial charge in [0.05, 0.1) is 6.42 Å². The zero-order valence-electron chi connectivity index (χ0n) is 15.7. The second-order valence-electron chi connectivity index (χ2n) is 7.83. The highest BCUT2D eigenvalue weighted by molar-refractivity contribution is 6.68. The van der Waals surface area contributed by atoms with Crippen LogP contribution in [0.3, 0.4) is 0 Å². The maximum Gasteiger partial charge on any atom is 0.250 e. The standard InChI is InChI=1S/C21H22Cl3N3O2/c22-21(23,24)20(25-18(28)10-14-5-2-1-3-6-14)26-11-15-9-16(13-26)17-7-4-8-19(29)27(17)12-15/h1-8,15-16,20H,9-13H2,(H,25,28)/t15-,16-,20-/m0/s1. The number of hydrogen-bond donors (Lipinski definition) is 1. The number of alkyl halides is 3. The highest BCUT2D eigenvalue weighted by Crippen LogP contribution is 2.39. The fourth-order valence-electron chi connectivity index (χ4n) is 4.51. The number of piperidine rings is 1. The minimum atomic E-state index is -1.67. The minimum Gasteiger partial charge on any atom is -0.336 e. The number of rotatable bonds is 4. The number of hydrogen-bond acceptors (Lipinski definition) is 3. The van der Waals surface area contributed by atoms with Crippen LogP contribution >= 0.6 is 34.8 Å². The van der Waals surface area contributed by atoms with Crippen molar-refractivity contribution in [2.45, 2.75) is 35.3 Å². The molecule has 1 amide bonds. The number of likely N-dealkylation sites (tertiary alicyclic amines) is 1. The van der Waals surface area contributed by atoms with E-state index >= 15 is 0 Å². The summed E-state index contributed by atoms with van der Waals surface area (Å²) in [4.78, 5) is 26.9. The van der Waals surface area contributed by atoms with Gasteiger partial charge in [-0.3, -0.25) is 14.5 Å². The fraction of sp³-hybridized carbons (Fsp3) is 0.429. The molecule has 0 saturated carbocycles. The number of halogens is 3. The minimum absolute atomic E-state index is 0.0275. The Morgan fingerprint density at radius 3 is 2.55 bits per heavy atom. The summed E-state index contributed by atoms with van der Waals surface area (Å²) in [6.07, 6.45) is 0.470. The Kier molecular flexibility index (Phi) is 5.94. The Morgan fingerprint density at radius 1 is 1.07 bits per heavy atom.